The smallest absolute Gasteiger partial charge is 0.0594 e. The Morgan fingerprint density at radius 2 is 1.42 bits per heavy atom. The van der Waals surface area contributed by atoms with Crippen LogP contribution in [0.15, 0.2) is 0 Å². The van der Waals surface area contributed by atoms with Gasteiger partial charge in [-0.15, -0.1) is 0 Å². The first-order valence-corrected chi connectivity index (χ1v) is 9.56. The largest absolute Gasteiger partial charge is 0.395 e. The molecule has 0 amide bonds. The highest BCUT2D eigenvalue weighted by atomic mass is 16.5. The monoisotopic (exact) mass is 345 g/mol. The van der Waals surface area contributed by atoms with Gasteiger partial charge in [0, 0.05) is 58.9 Å². The van der Waals surface area contributed by atoms with E-state index in [-0.39, 0.29) is 6.61 Å². The Morgan fingerprint density at radius 1 is 0.875 bits per heavy atom. The van der Waals surface area contributed by atoms with Crippen LogP contribution >= 0.6 is 0 Å². The molecule has 4 N–H and O–H groups in total. The van der Waals surface area contributed by atoms with Crippen LogP contribution in [-0.4, -0.2) is 114 Å². The highest BCUT2D eigenvalue weighted by molar-refractivity contribution is 4.70. The predicted octanol–water partition coefficient (Wildman–Crippen LogP) is -1.21. The van der Waals surface area contributed by atoms with Gasteiger partial charge in [0.1, 0.15) is 0 Å². The number of aliphatic hydroxyl groups is 1. The molecule has 3 heterocycles. The highest BCUT2D eigenvalue weighted by Crippen LogP contribution is 1.98. The summed E-state index contributed by atoms with van der Waals surface area (Å²) in [6, 6.07) is 0. The van der Waals surface area contributed by atoms with E-state index in [9.17, 15) is 0 Å². The van der Waals surface area contributed by atoms with Crippen molar-refractivity contribution in [2.45, 2.75) is 12.8 Å². The number of nitrogens with zero attached hydrogens (tertiary/aromatic N) is 2. The van der Waals surface area contributed by atoms with Crippen LogP contribution in [0, 0.1) is 0 Å². The molecule has 3 aliphatic rings. The molecule has 3 rings (SSSR count). The minimum atomic E-state index is 0.233. The quantitative estimate of drug-likeness (QED) is 0.498. The van der Waals surface area contributed by atoms with Crippen LogP contribution in [0.5, 0.6) is 0 Å². The van der Waals surface area contributed by atoms with Crippen molar-refractivity contribution in [3.8, 4) is 0 Å². The normalized spacial score (nSPS) is 22.2. The molecule has 3 fully saturated rings. The molecule has 0 aromatic heterocycles. The Labute approximate surface area is 148 Å². The number of aliphatic hydroxyl groups excluding tert-OH is 1. The van der Waals surface area contributed by atoms with E-state index in [4.69, 9.17) is 9.84 Å². The van der Waals surface area contributed by atoms with Crippen molar-refractivity contribution >= 4 is 0 Å². The van der Waals surface area contributed by atoms with E-state index in [0.717, 1.165) is 39.4 Å². The number of rotatable bonds is 5. The number of ether oxygens (including phenoxy) is 1. The average molecular weight is 346 g/mol. The van der Waals surface area contributed by atoms with Crippen LogP contribution in [0.3, 0.4) is 0 Å². The van der Waals surface area contributed by atoms with Gasteiger partial charge in [-0.2, -0.15) is 0 Å². The van der Waals surface area contributed by atoms with Crippen molar-refractivity contribution in [2.24, 2.45) is 0 Å². The number of hydrogen-bond donors (Lipinski definition) is 4. The lowest BCUT2D eigenvalue weighted by atomic mass is 10.3. The van der Waals surface area contributed by atoms with Gasteiger partial charge in [0.05, 0.1) is 19.8 Å². The maximum atomic E-state index is 8.00. The first kappa shape index (κ1) is 21.8. The lowest BCUT2D eigenvalue weighted by molar-refractivity contribution is 0.0328. The van der Waals surface area contributed by atoms with E-state index >= 15 is 0 Å². The second kappa shape index (κ2) is 16.2. The minimum Gasteiger partial charge on any atom is -0.395 e. The van der Waals surface area contributed by atoms with E-state index in [2.05, 4.69) is 25.8 Å². The molecule has 0 aromatic rings. The van der Waals surface area contributed by atoms with Gasteiger partial charge < -0.3 is 25.8 Å². The fourth-order valence-corrected chi connectivity index (χ4v) is 2.78. The zero-order chi connectivity index (χ0) is 17.3. The predicted molar refractivity (Wildman–Crippen MR) is 99.7 cm³/mol. The topological polar surface area (TPSA) is 72.0 Å². The second-order valence-electron chi connectivity index (χ2n) is 6.33. The van der Waals surface area contributed by atoms with Gasteiger partial charge in [0.15, 0.2) is 0 Å². The molecule has 0 unspecified atom stereocenters. The van der Waals surface area contributed by atoms with Crippen LogP contribution in [-0.2, 0) is 4.74 Å². The van der Waals surface area contributed by atoms with Crippen LogP contribution in [0.25, 0.3) is 0 Å². The molecule has 0 aromatic carbocycles. The van der Waals surface area contributed by atoms with Gasteiger partial charge in [-0.1, -0.05) is 0 Å². The summed E-state index contributed by atoms with van der Waals surface area (Å²) in [5.41, 5.74) is 0. The number of piperazine rings is 1. The van der Waals surface area contributed by atoms with Crippen molar-refractivity contribution in [1.82, 2.24) is 25.8 Å². The van der Waals surface area contributed by atoms with E-state index in [1.807, 2.05) is 0 Å². The molecule has 7 heteroatoms. The molecular formula is C17H39N5O2. The SMILES string of the molecule is C1CCNC1.C1CN(CCN2CCOCC2)CCN1.CNCCO. The van der Waals surface area contributed by atoms with Crippen LogP contribution in [0.4, 0.5) is 0 Å². The van der Waals surface area contributed by atoms with E-state index < -0.39 is 0 Å². The van der Waals surface area contributed by atoms with Crippen LogP contribution in [0.1, 0.15) is 12.8 Å². The van der Waals surface area contributed by atoms with E-state index in [0.29, 0.717) is 6.54 Å². The molecule has 24 heavy (non-hydrogen) atoms. The number of nitrogens with one attached hydrogen (secondary N) is 3. The Morgan fingerprint density at radius 3 is 1.83 bits per heavy atom. The Kier molecular flexibility index (Phi) is 14.7. The average Bonchev–Trinajstić information content (AvgIpc) is 3.23. The standard InChI is InChI=1S/C10H21N3O.C4H9N.C3H9NO/c1-3-12(4-2-11-1)5-6-13-7-9-14-10-8-13;1-2-4-5-3-1;1-4-2-3-5/h11H,1-10H2;5H,1-4H2;4-5H,2-3H2,1H3. The molecule has 0 bridgehead atoms. The first-order valence-electron chi connectivity index (χ1n) is 9.56. The number of morpholine rings is 1. The molecule has 7 nitrogen and oxygen atoms in total. The van der Waals surface area contributed by atoms with Crippen molar-refractivity contribution in [3.05, 3.63) is 0 Å². The van der Waals surface area contributed by atoms with Gasteiger partial charge in [0.25, 0.3) is 0 Å². The third-order valence-corrected chi connectivity index (χ3v) is 4.36. The summed E-state index contributed by atoms with van der Waals surface area (Å²) in [5, 5.41) is 17.4. The van der Waals surface area contributed by atoms with E-state index in [1.165, 1.54) is 52.1 Å². The fraction of sp³-hybridized carbons (Fsp3) is 1.00. The Hall–Kier alpha value is -0.280. The summed E-state index contributed by atoms with van der Waals surface area (Å²) in [6.45, 7) is 14.7. The Bertz CT molecular complexity index is 228. The first-order chi connectivity index (χ1) is 11.9. The summed E-state index contributed by atoms with van der Waals surface area (Å²) in [7, 11) is 1.80. The van der Waals surface area contributed by atoms with Crippen LogP contribution in [0.2, 0.25) is 0 Å². The van der Waals surface area contributed by atoms with Crippen LogP contribution < -0.4 is 16.0 Å². The zero-order valence-electron chi connectivity index (χ0n) is 15.6. The van der Waals surface area contributed by atoms with Gasteiger partial charge in [-0.05, 0) is 33.0 Å². The molecule has 0 atom stereocenters. The number of hydrogen-bond acceptors (Lipinski definition) is 7. The lowest BCUT2D eigenvalue weighted by Crippen LogP contribution is -2.47. The second-order valence-corrected chi connectivity index (χ2v) is 6.33. The fourth-order valence-electron chi connectivity index (χ4n) is 2.78. The zero-order valence-corrected chi connectivity index (χ0v) is 15.6. The maximum Gasteiger partial charge on any atom is 0.0594 e. The molecule has 0 aliphatic carbocycles. The molecule has 0 radical (unpaired) electrons. The molecule has 144 valence electrons. The number of likely N-dealkylation sites (N-methyl/N-ethyl adjacent to an activating group) is 1. The van der Waals surface area contributed by atoms with Gasteiger partial charge in [-0.3, -0.25) is 9.80 Å². The molecule has 0 saturated carbocycles. The summed E-state index contributed by atoms with van der Waals surface area (Å²) in [6.07, 6.45) is 2.78. The van der Waals surface area contributed by atoms with Crippen molar-refractivity contribution in [3.63, 3.8) is 0 Å². The summed E-state index contributed by atoms with van der Waals surface area (Å²) < 4.78 is 5.33. The van der Waals surface area contributed by atoms with Gasteiger partial charge in [-0.25, -0.2) is 0 Å². The van der Waals surface area contributed by atoms with E-state index in [1.54, 1.807) is 7.05 Å². The summed E-state index contributed by atoms with van der Waals surface area (Å²) in [5.74, 6) is 0. The third-order valence-electron chi connectivity index (χ3n) is 4.36. The molecule has 3 aliphatic heterocycles. The highest BCUT2D eigenvalue weighted by Gasteiger charge is 2.13. The van der Waals surface area contributed by atoms with Crippen molar-refractivity contribution in [2.75, 3.05) is 98.9 Å². The van der Waals surface area contributed by atoms with Gasteiger partial charge >= 0.3 is 0 Å². The van der Waals surface area contributed by atoms with Gasteiger partial charge in [0.2, 0.25) is 0 Å². The van der Waals surface area contributed by atoms with Crippen molar-refractivity contribution < 1.29 is 9.84 Å². The molecule has 0 spiro atoms. The minimum absolute atomic E-state index is 0.233. The maximum absolute atomic E-state index is 8.00. The molecular weight excluding hydrogens is 306 g/mol. The summed E-state index contributed by atoms with van der Waals surface area (Å²) >= 11 is 0. The Balaban J connectivity index is 0.000000237. The third kappa shape index (κ3) is 12.1. The molecule has 3 saturated heterocycles. The van der Waals surface area contributed by atoms with Crippen molar-refractivity contribution in [1.29, 1.82) is 0 Å². The lowest BCUT2D eigenvalue weighted by Gasteiger charge is -2.31. The summed E-state index contributed by atoms with van der Waals surface area (Å²) in [4.78, 5) is 5.05.